The number of sulfonamides is 1. The van der Waals surface area contributed by atoms with Crippen LogP contribution in [0.15, 0.2) is 36.4 Å². The van der Waals surface area contributed by atoms with Crippen LogP contribution in [0.25, 0.3) is 0 Å². The van der Waals surface area contributed by atoms with Gasteiger partial charge in [-0.25, -0.2) is 8.42 Å². The van der Waals surface area contributed by atoms with Crippen molar-refractivity contribution in [2.24, 2.45) is 0 Å². The number of halogens is 3. The van der Waals surface area contributed by atoms with Crippen LogP contribution in [0, 0.1) is 0 Å². The number of nitrogens with zero attached hydrogens (tertiary/aromatic N) is 2. The molecule has 2 aromatic rings. The van der Waals surface area contributed by atoms with Gasteiger partial charge in [0.2, 0.25) is 21.8 Å². The van der Waals surface area contributed by atoms with Gasteiger partial charge in [0, 0.05) is 12.6 Å². The van der Waals surface area contributed by atoms with Gasteiger partial charge < -0.3 is 15.0 Å². The number of rotatable bonds is 11. The molecular formula is C24H30Cl3N3O5S. The Morgan fingerprint density at radius 2 is 1.61 bits per heavy atom. The fourth-order valence-electron chi connectivity index (χ4n) is 3.27. The molecule has 2 atom stereocenters. The van der Waals surface area contributed by atoms with Crippen molar-refractivity contribution < 1.29 is 22.7 Å². The van der Waals surface area contributed by atoms with E-state index in [-0.39, 0.29) is 39.2 Å². The minimum absolute atomic E-state index is 0.00280. The standard InChI is InChI=1S/C24H30Cl3N3O5S/c1-6-15(2)28-24(32)16(3)29(13-17-7-9-18(35-4)10-8-17)23(31)14-30(36(5,33)34)22-12-20(26)19(25)11-21(22)27/h7-12,15-16H,6,13-14H2,1-5H3,(H,28,32)/t15-,16-/m1/s1. The molecule has 0 aliphatic heterocycles. The smallest absolute Gasteiger partial charge is 0.244 e. The first-order valence-electron chi connectivity index (χ1n) is 11.1. The number of amides is 2. The largest absolute Gasteiger partial charge is 0.497 e. The minimum Gasteiger partial charge on any atom is -0.497 e. The molecule has 0 aromatic heterocycles. The van der Waals surface area contributed by atoms with Crippen molar-refractivity contribution in [1.82, 2.24) is 10.2 Å². The maximum absolute atomic E-state index is 13.6. The first-order valence-corrected chi connectivity index (χ1v) is 14.1. The Hall–Kier alpha value is -2.20. The van der Waals surface area contributed by atoms with E-state index in [1.807, 2.05) is 13.8 Å². The summed E-state index contributed by atoms with van der Waals surface area (Å²) in [5, 5.41) is 3.09. The number of benzene rings is 2. The summed E-state index contributed by atoms with van der Waals surface area (Å²) in [6.45, 7) is 4.84. The Morgan fingerprint density at radius 3 is 2.14 bits per heavy atom. The van der Waals surface area contributed by atoms with E-state index in [2.05, 4.69) is 5.32 Å². The van der Waals surface area contributed by atoms with Crippen molar-refractivity contribution in [1.29, 1.82) is 0 Å². The molecule has 2 aromatic carbocycles. The van der Waals surface area contributed by atoms with Gasteiger partial charge in [0.15, 0.2) is 0 Å². The first-order chi connectivity index (χ1) is 16.8. The van der Waals surface area contributed by atoms with Gasteiger partial charge in [0.1, 0.15) is 18.3 Å². The molecule has 12 heteroatoms. The maximum atomic E-state index is 13.6. The molecule has 8 nitrogen and oxygen atoms in total. The third-order valence-corrected chi connectivity index (χ3v) is 7.77. The Labute approximate surface area is 227 Å². The topological polar surface area (TPSA) is 96.0 Å². The van der Waals surface area contributed by atoms with Crippen LogP contribution in [0.5, 0.6) is 5.75 Å². The third-order valence-electron chi connectivity index (χ3n) is 5.62. The molecule has 0 bridgehead atoms. The van der Waals surface area contributed by atoms with E-state index in [1.165, 1.54) is 17.0 Å². The fourth-order valence-corrected chi connectivity index (χ4v) is 4.82. The Kier molecular flexibility index (Phi) is 10.7. The van der Waals surface area contributed by atoms with Crippen molar-refractivity contribution in [2.75, 3.05) is 24.2 Å². The fraction of sp³-hybridized carbons (Fsp3) is 0.417. The number of hydrogen-bond acceptors (Lipinski definition) is 5. The van der Waals surface area contributed by atoms with Gasteiger partial charge in [-0.05, 0) is 50.1 Å². The van der Waals surface area contributed by atoms with E-state index in [4.69, 9.17) is 39.5 Å². The quantitative estimate of drug-likeness (QED) is 0.388. The van der Waals surface area contributed by atoms with Crippen molar-refractivity contribution in [2.45, 2.75) is 45.8 Å². The molecule has 0 saturated carbocycles. The van der Waals surface area contributed by atoms with Crippen LogP contribution in [0.2, 0.25) is 15.1 Å². The highest BCUT2D eigenvalue weighted by atomic mass is 35.5. The molecule has 0 spiro atoms. The van der Waals surface area contributed by atoms with Crippen LogP contribution >= 0.6 is 34.8 Å². The number of carbonyl (C=O) groups excluding carboxylic acids is 2. The summed E-state index contributed by atoms with van der Waals surface area (Å²) in [7, 11) is -2.43. The third kappa shape index (κ3) is 7.90. The minimum atomic E-state index is -3.97. The summed E-state index contributed by atoms with van der Waals surface area (Å²) < 4.78 is 31.4. The van der Waals surface area contributed by atoms with Gasteiger partial charge in [-0.15, -0.1) is 0 Å². The number of hydrogen-bond donors (Lipinski definition) is 1. The Bertz CT molecular complexity index is 1190. The molecule has 0 saturated heterocycles. The molecule has 0 unspecified atom stereocenters. The van der Waals surface area contributed by atoms with Crippen LogP contribution in [0.3, 0.4) is 0 Å². The van der Waals surface area contributed by atoms with Crippen molar-refractivity contribution in [3.8, 4) is 5.75 Å². The average Bonchev–Trinajstić information content (AvgIpc) is 2.82. The zero-order chi connectivity index (χ0) is 27.2. The SMILES string of the molecule is CC[C@@H](C)NC(=O)[C@@H](C)N(Cc1ccc(OC)cc1)C(=O)CN(c1cc(Cl)c(Cl)cc1Cl)S(C)(=O)=O. The first kappa shape index (κ1) is 30.0. The molecule has 0 fully saturated rings. The molecular weight excluding hydrogens is 549 g/mol. The zero-order valence-corrected chi connectivity index (χ0v) is 23.8. The predicted octanol–water partition coefficient (Wildman–Crippen LogP) is 4.75. The van der Waals surface area contributed by atoms with Gasteiger partial charge >= 0.3 is 0 Å². The number of carbonyl (C=O) groups is 2. The molecule has 0 heterocycles. The van der Waals surface area contributed by atoms with E-state index < -0.39 is 28.5 Å². The lowest BCUT2D eigenvalue weighted by Gasteiger charge is -2.32. The molecule has 0 radical (unpaired) electrons. The molecule has 198 valence electrons. The molecule has 36 heavy (non-hydrogen) atoms. The second-order valence-electron chi connectivity index (χ2n) is 8.35. The van der Waals surface area contributed by atoms with Crippen LogP contribution in [-0.4, -0.2) is 57.1 Å². The van der Waals surface area contributed by atoms with Crippen LogP contribution in [0.4, 0.5) is 5.69 Å². The lowest BCUT2D eigenvalue weighted by molar-refractivity contribution is -0.139. The average molecular weight is 579 g/mol. The van der Waals surface area contributed by atoms with Gasteiger partial charge in [-0.2, -0.15) is 0 Å². The molecule has 0 aliphatic carbocycles. The highest BCUT2D eigenvalue weighted by Crippen LogP contribution is 2.35. The normalized spacial score (nSPS) is 13.0. The lowest BCUT2D eigenvalue weighted by Crippen LogP contribution is -2.52. The highest BCUT2D eigenvalue weighted by Gasteiger charge is 2.31. The maximum Gasteiger partial charge on any atom is 0.244 e. The number of methoxy groups -OCH3 is 1. The molecule has 2 amide bonds. The summed E-state index contributed by atoms with van der Waals surface area (Å²) in [5.41, 5.74) is 0.730. The van der Waals surface area contributed by atoms with E-state index in [0.29, 0.717) is 12.2 Å². The van der Waals surface area contributed by atoms with Gasteiger partial charge in [-0.1, -0.05) is 53.9 Å². The summed E-state index contributed by atoms with van der Waals surface area (Å²) in [4.78, 5) is 27.8. The predicted molar refractivity (Wildman–Crippen MR) is 145 cm³/mol. The lowest BCUT2D eigenvalue weighted by atomic mass is 10.1. The number of anilines is 1. The van der Waals surface area contributed by atoms with Crippen molar-refractivity contribution in [3.05, 3.63) is 57.0 Å². The summed E-state index contributed by atoms with van der Waals surface area (Å²) in [5.74, 6) is -0.327. The van der Waals surface area contributed by atoms with E-state index in [9.17, 15) is 18.0 Å². The van der Waals surface area contributed by atoms with E-state index in [0.717, 1.165) is 16.1 Å². The summed E-state index contributed by atoms with van der Waals surface area (Å²) in [6.07, 6.45) is 1.66. The molecule has 1 N–H and O–H groups in total. The van der Waals surface area contributed by atoms with E-state index >= 15 is 0 Å². The van der Waals surface area contributed by atoms with E-state index in [1.54, 1.807) is 38.3 Å². The molecule has 2 rings (SSSR count). The van der Waals surface area contributed by atoms with Crippen molar-refractivity contribution in [3.63, 3.8) is 0 Å². The Morgan fingerprint density at radius 1 is 1.03 bits per heavy atom. The second-order valence-corrected chi connectivity index (χ2v) is 11.5. The summed E-state index contributed by atoms with van der Waals surface area (Å²) >= 11 is 18.3. The number of ether oxygens (including phenoxy) is 1. The van der Waals surface area contributed by atoms with Gasteiger partial charge in [0.05, 0.1) is 34.1 Å². The van der Waals surface area contributed by atoms with Crippen LogP contribution < -0.4 is 14.4 Å². The monoisotopic (exact) mass is 577 g/mol. The van der Waals surface area contributed by atoms with Gasteiger partial charge in [0.25, 0.3) is 0 Å². The zero-order valence-electron chi connectivity index (χ0n) is 20.7. The van der Waals surface area contributed by atoms with Crippen LogP contribution in [0.1, 0.15) is 32.8 Å². The number of nitrogens with one attached hydrogen (secondary N) is 1. The second kappa shape index (κ2) is 12.9. The van der Waals surface area contributed by atoms with Gasteiger partial charge in [-0.3, -0.25) is 13.9 Å². The highest BCUT2D eigenvalue weighted by molar-refractivity contribution is 7.92. The van der Waals surface area contributed by atoms with Crippen LogP contribution in [-0.2, 0) is 26.2 Å². The molecule has 0 aliphatic rings. The summed E-state index contributed by atoms with van der Waals surface area (Å²) in [6, 6.07) is 8.61. The van der Waals surface area contributed by atoms with Crippen molar-refractivity contribution >= 4 is 62.3 Å². The Balaban J connectivity index is 2.45.